The van der Waals surface area contributed by atoms with E-state index in [4.69, 9.17) is 0 Å². The number of carbonyl (C=O) groups is 1. The zero-order valence-corrected chi connectivity index (χ0v) is 17.7. The molecule has 0 atom stereocenters. The zero-order chi connectivity index (χ0) is 21.4. The van der Waals surface area contributed by atoms with Crippen molar-refractivity contribution in [2.24, 2.45) is 0 Å². The summed E-state index contributed by atoms with van der Waals surface area (Å²) in [6.45, 7) is 2.57. The summed E-state index contributed by atoms with van der Waals surface area (Å²) in [6, 6.07) is 18.0. The molecule has 0 unspecified atom stereocenters. The number of benzene rings is 2. The van der Waals surface area contributed by atoms with Crippen LogP contribution in [0.2, 0.25) is 0 Å². The normalized spacial score (nSPS) is 11.4. The fourth-order valence-electron chi connectivity index (χ4n) is 3.03. The quantitative estimate of drug-likeness (QED) is 0.488. The van der Waals surface area contributed by atoms with Crippen LogP contribution >= 0.6 is 0 Å². The average Bonchev–Trinajstić information content (AvgIpc) is 3.13. The summed E-state index contributed by atoms with van der Waals surface area (Å²) in [4.78, 5) is 12.2. The number of amides is 1. The van der Waals surface area contributed by atoms with Gasteiger partial charge in [-0.3, -0.25) is 4.79 Å². The van der Waals surface area contributed by atoms with Crippen molar-refractivity contribution in [2.45, 2.75) is 31.1 Å². The number of aromatic nitrogens is 2. The first-order valence-electron chi connectivity index (χ1n) is 9.88. The molecule has 0 aliphatic heterocycles. The molecular weight excluding hydrogens is 400 g/mol. The van der Waals surface area contributed by atoms with Gasteiger partial charge in [-0.1, -0.05) is 36.4 Å². The lowest BCUT2D eigenvalue weighted by Gasteiger charge is -2.07. The molecule has 1 amide bonds. The van der Waals surface area contributed by atoms with Gasteiger partial charge in [0.15, 0.2) is 0 Å². The van der Waals surface area contributed by atoms with Crippen LogP contribution in [0, 0.1) is 6.92 Å². The summed E-state index contributed by atoms with van der Waals surface area (Å²) in [5.41, 5.74) is 3.13. The Balaban J connectivity index is 1.38. The fourth-order valence-corrected chi connectivity index (χ4v) is 4.08. The van der Waals surface area contributed by atoms with E-state index >= 15 is 0 Å². The van der Waals surface area contributed by atoms with E-state index in [2.05, 4.69) is 15.1 Å². The Labute approximate surface area is 177 Å². The van der Waals surface area contributed by atoms with Crippen LogP contribution in [-0.2, 0) is 21.2 Å². The standard InChI is InChI=1S/C22H26N4O3S/c1-18-19(17-26(25-18)20-10-4-2-5-11-20)9-8-15-23-22(27)14-16-24-30(28,29)21-12-6-3-7-13-21/h2-7,10-13,17,24H,8-9,14-16H2,1H3,(H,23,27). The lowest BCUT2D eigenvalue weighted by molar-refractivity contribution is -0.120. The first kappa shape index (κ1) is 21.7. The van der Waals surface area contributed by atoms with Gasteiger partial charge >= 0.3 is 0 Å². The van der Waals surface area contributed by atoms with E-state index in [0.717, 1.165) is 29.8 Å². The SMILES string of the molecule is Cc1nn(-c2ccccc2)cc1CCCNC(=O)CCNS(=O)(=O)c1ccccc1. The highest BCUT2D eigenvalue weighted by Crippen LogP contribution is 2.13. The first-order valence-corrected chi connectivity index (χ1v) is 11.4. The van der Waals surface area contributed by atoms with Crippen LogP contribution in [0.25, 0.3) is 5.69 Å². The molecule has 1 heterocycles. The second-order valence-corrected chi connectivity index (χ2v) is 8.70. The molecule has 3 aromatic rings. The Hall–Kier alpha value is -2.97. The van der Waals surface area contributed by atoms with Gasteiger partial charge in [-0.15, -0.1) is 0 Å². The van der Waals surface area contributed by atoms with E-state index in [9.17, 15) is 13.2 Å². The maximum Gasteiger partial charge on any atom is 0.240 e. The highest BCUT2D eigenvalue weighted by molar-refractivity contribution is 7.89. The number of aryl methyl sites for hydroxylation is 2. The summed E-state index contributed by atoms with van der Waals surface area (Å²) in [5.74, 6) is -0.178. The van der Waals surface area contributed by atoms with Crippen LogP contribution in [-0.4, -0.2) is 37.2 Å². The molecule has 0 radical (unpaired) electrons. The van der Waals surface area contributed by atoms with Crippen molar-refractivity contribution in [2.75, 3.05) is 13.1 Å². The Morgan fingerprint density at radius 2 is 1.67 bits per heavy atom. The van der Waals surface area contributed by atoms with Crippen LogP contribution in [0.15, 0.2) is 71.8 Å². The molecule has 3 rings (SSSR count). The molecule has 0 saturated carbocycles. The molecule has 7 nitrogen and oxygen atoms in total. The van der Waals surface area contributed by atoms with E-state index in [1.165, 1.54) is 12.1 Å². The van der Waals surface area contributed by atoms with E-state index in [-0.39, 0.29) is 23.8 Å². The smallest absolute Gasteiger partial charge is 0.240 e. The predicted molar refractivity (Wildman–Crippen MR) is 116 cm³/mol. The third kappa shape index (κ3) is 6.01. The Morgan fingerprint density at radius 1 is 1.00 bits per heavy atom. The number of hydrogen-bond acceptors (Lipinski definition) is 4. The second-order valence-electron chi connectivity index (χ2n) is 6.93. The fraction of sp³-hybridized carbons (Fsp3) is 0.273. The van der Waals surface area contributed by atoms with Crippen molar-refractivity contribution in [1.82, 2.24) is 19.8 Å². The highest BCUT2D eigenvalue weighted by atomic mass is 32.2. The van der Waals surface area contributed by atoms with Crippen molar-refractivity contribution in [3.05, 3.63) is 78.1 Å². The minimum atomic E-state index is -3.58. The molecule has 2 aromatic carbocycles. The summed E-state index contributed by atoms with van der Waals surface area (Å²) in [7, 11) is -3.58. The van der Waals surface area contributed by atoms with E-state index in [0.29, 0.717) is 6.54 Å². The number of carbonyl (C=O) groups excluding carboxylic acids is 1. The van der Waals surface area contributed by atoms with Crippen LogP contribution < -0.4 is 10.0 Å². The van der Waals surface area contributed by atoms with Crippen LogP contribution in [0.4, 0.5) is 0 Å². The molecule has 0 saturated heterocycles. The van der Waals surface area contributed by atoms with Gasteiger partial charge < -0.3 is 5.32 Å². The van der Waals surface area contributed by atoms with Gasteiger partial charge in [0.25, 0.3) is 0 Å². The lowest BCUT2D eigenvalue weighted by atomic mass is 10.1. The lowest BCUT2D eigenvalue weighted by Crippen LogP contribution is -2.31. The maximum atomic E-state index is 12.1. The Kier molecular flexibility index (Phi) is 7.37. The first-order chi connectivity index (χ1) is 14.5. The van der Waals surface area contributed by atoms with Gasteiger partial charge in [0.2, 0.25) is 15.9 Å². The van der Waals surface area contributed by atoms with Crippen molar-refractivity contribution in [1.29, 1.82) is 0 Å². The molecule has 0 fully saturated rings. The van der Waals surface area contributed by atoms with Gasteiger partial charge in [0, 0.05) is 25.7 Å². The van der Waals surface area contributed by atoms with Crippen molar-refractivity contribution in [3.63, 3.8) is 0 Å². The molecule has 2 N–H and O–H groups in total. The molecule has 8 heteroatoms. The van der Waals surface area contributed by atoms with E-state index in [1.807, 2.05) is 48.1 Å². The summed E-state index contributed by atoms with van der Waals surface area (Å²) in [6.07, 6.45) is 3.70. The average molecular weight is 427 g/mol. The molecular formula is C22H26N4O3S. The molecule has 158 valence electrons. The Bertz CT molecular complexity index is 1060. The third-order valence-electron chi connectivity index (χ3n) is 4.66. The number of sulfonamides is 1. The molecule has 30 heavy (non-hydrogen) atoms. The number of hydrogen-bond donors (Lipinski definition) is 2. The van der Waals surface area contributed by atoms with Crippen molar-refractivity contribution >= 4 is 15.9 Å². The van der Waals surface area contributed by atoms with Gasteiger partial charge in [-0.05, 0) is 49.6 Å². The van der Waals surface area contributed by atoms with Gasteiger partial charge in [0.1, 0.15) is 0 Å². The van der Waals surface area contributed by atoms with Crippen LogP contribution in [0.5, 0.6) is 0 Å². The number of para-hydroxylation sites is 1. The van der Waals surface area contributed by atoms with Gasteiger partial charge in [-0.2, -0.15) is 5.10 Å². The van der Waals surface area contributed by atoms with Crippen LogP contribution in [0.3, 0.4) is 0 Å². The van der Waals surface area contributed by atoms with Crippen molar-refractivity contribution in [3.8, 4) is 5.69 Å². The van der Waals surface area contributed by atoms with Crippen molar-refractivity contribution < 1.29 is 13.2 Å². The second kappa shape index (κ2) is 10.2. The molecule has 0 bridgehead atoms. The topological polar surface area (TPSA) is 93.1 Å². The van der Waals surface area contributed by atoms with Gasteiger partial charge in [0.05, 0.1) is 16.3 Å². The third-order valence-corrected chi connectivity index (χ3v) is 6.14. The summed E-state index contributed by atoms with van der Waals surface area (Å²) in [5, 5.41) is 7.38. The number of nitrogens with one attached hydrogen (secondary N) is 2. The van der Waals surface area contributed by atoms with E-state index < -0.39 is 10.0 Å². The molecule has 0 aliphatic carbocycles. The minimum Gasteiger partial charge on any atom is -0.356 e. The largest absolute Gasteiger partial charge is 0.356 e. The monoisotopic (exact) mass is 426 g/mol. The minimum absolute atomic E-state index is 0.0615. The van der Waals surface area contributed by atoms with Crippen LogP contribution in [0.1, 0.15) is 24.1 Å². The Morgan fingerprint density at radius 3 is 2.37 bits per heavy atom. The predicted octanol–water partition coefficient (Wildman–Crippen LogP) is 2.60. The highest BCUT2D eigenvalue weighted by Gasteiger charge is 2.13. The molecule has 1 aromatic heterocycles. The number of rotatable bonds is 10. The molecule has 0 spiro atoms. The van der Waals surface area contributed by atoms with E-state index in [1.54, 1.807) is 18.2 Å². The molecule has 0 aliphatic rings. The number of nitrogens with zero attached hydrogens (tertiary/aromatic N) is 2. The summed E-state index contributed by atoms with van der Waals surface area (Å²) >= 11 is 0. The maximum absolute atomic E-state index is 12.1. The summed E-state index contributed by atoms with van der Waals surface area (Å²) < 4.78 is 28.5. The van der Waals surface area contributed by atoms with Gasteiger partial charge in [-0.25, -0.2) is 17.8 Å². The zero-order valence-electron chi connectivity index (χ0n) is 16.9.